The number of nitrogen functional groups attached to an aromatic ring is 1. The quantitative estimate of drug-likeness (QED) is 0.432. The zero-order valence-corrected chi connectivity index (χ0v) is 19.8. The van der Waals surface area contributed by atoms with Crippen LogP contribution in [0.25, 0.3) is 0 Å². The zero-order valence-electron chi connectivity index (χ0n) is 19.8. The maximum absolute atomic E-state index is 13.4. The molecule has 2 aromatic carbocycles. The van der Waals surface area contributed by atoms with Crippen LogP contribution in [0, 0.1) is 5.41 Å². The minimum Gasteiger partial charge on any atom is -0.474 e. The van der Waals surface area contributed by atoms with Crippen LogP contribution in [0.5, 0.6) is 5.75 Å². The summed E-state index contributed by atoms with van der Waals surface area (Å²) in [6.45, 7) is 5.72. The van der Waals surface area contributed by atoms with Gasteiger partial charge in [0, 0.05) is 36.3 Å². The van der Waals surface area contributed by atoms with E-state index in [1.165, 1.54) is 24.2 Å². The van der Waals surface area contributed by atoms with Gasteiger partial charge in [-0.25, -0.2) is 0 Å². The third-order valence-electron chi connectivity index (χ3n) is 6.76. The molecule has 180 valence electrons. The summed E-state index contributed by atoms with van der Waals surface area (Å²) in [5, 5.41) is 10.7. The standard InChI is InChI=1S/C26H33N5O3/c1-17-7-5-8-18(2)30(17)14-13-29-23(32)16-31-21-11-3-4-12-22(21)34-24(26(31)33)19-9-6-10-20(15-19)25(27)28/h3-4,6,9-12,15,17-18,24H,5,7-8,13-14,16H2,1-2H3,(H3,27,28)(H,29,32)/t17-,18+,24?. The summed E-state index contributed by atoms with van der Waals surface area (Å²) in [6, 6.07) is 15.1. The third-order valence-corrected chi connectivity index (χ3v) is 6.76. The Balaban J connectivity index is 1.46. The molecule has 2 aromatic rings. The largest absolute Gasteiger partial charge is 0.474 e. The second-order valence-electron chi connectivity index (χ2n) is 9.15. The Morgan fingerprint density at radius 2 is 1.88 bits per heavy atom. The van der Waals surface area contributed by atoms with Gasteiger partial charge in [0.05, 0.1) is 5.69 Å². The topological polar surface area (TPSA) is 112 Å². The molecule has 3 atom stereocenters. The predicted molar refractivity (Wildman–Crippen MR) is 132 cm³/mol. The highest BCUT2D eigenvalue weighted by Gasteiger charge is 2.36. The number of anilines is 1. The molecule has 4 rings (SSSR count). The monoisotopic (exact) mass is 463 g/mol. The highest BCUT2D eigenvalue weighted by atomic mass is 16.5. The van der Waals surface area contributed by atoms with Crippen molar-refractivity contribution in [3.8, 4) is 5.75 Å². The van der Waals surface area contributed by atoms with Gasteiger partial charge in [0.15, 0.2) is 0 Å². The number of amides is 2. The van der Waals surface area contributed by atoms with Crippen molar-refractivity contribution >= 4 is 23.3 Å². The van der Waals surface area contributed by atoms with E-state index in [0.29, 0.717) is 41.2 Å². The molecule has 0 aromatic heterocycles. The summed E-state index contributed by atoms with van der Waals surface area (Å²) in [6.07, 6.45) is 2.70. The highest BCUT2D eigenvalue weighted by molar-refractivity contribution is 6.04. The van der Waals surface area contributed by atoms with Crippen molar-refractivity contribution in [1.82, 2.24) is 10.2 Å². The molecule has 0 aliphatic carbocycles. The fourth-order valence-corrected chi connectivity index (χ4v) is 4.90. The average molecular weight is 464 g/mol. The van der Waals surface area contributed by atoms with E-state index in [4.69, 9.17) is 15.9 Å². The fraction of sp³-hybridized carbons (Fsp3) is 0.423. The third kappa shape index (κ3) is 5.07. The van der Waals surface area contributed by atoms with Crippen molar-refractivity contribution in [1.29, 1.82) is 5.41 Å². The highest BCUT2D eigenvalue weighted by Crippen LogP contribution is 2.38. The minimum absolute atomic E-state index is 0.0842. The van der Waals surface area contributed by atoms with E-state index >= 15 is 0 Å². The normalized spacial score (nSPS) is 22.6. The van der Waals surface area contributed by atoms with Gasteiger partial charge < -0.3 is 15.8 Å². The molecule has 8 heteroatoms. The Morgan fingerprint density at radius 3 is 2.62 bits per heavy atom. The SMILES string of the molecule is C[C@@H]1CCC[C@H](C)N1CCNC(=O)CN1C(=O)C(c2cccc(C(=N)N)c2)Oc2ccccc21. The molecule has 0 bridgehead atoms. The summed E-state index contributed by atoms with van der Waals surface area (Å²) in [5.41, 5.74) is 7.29. The van der Waals surface area contributed by atoms with E-state index < -0.39 is 6.10 Å². The molecule has 2 amide bonds. The van der Waals surface area contributed by atoms with Crippen LogP contribution in [0.4, 0.5) is 5.69 Å². The number of nitrogens with zero attached hydrogens (tertiary/aromatic N) is 2. The molecular weight excluding hydrogens is 430 g/mol. The number of nitrogens with one attached hydrogen (secondary N) is 2. The summed E-state index contributed by atoms with van der Waals surface area (Å²) >= 11 is 0. The molecule has 8 nitrogen and oxygen atoms in total. The molecule has 4 N–H and O–H groups in total. The Hall–Kier alpha value is -3.39. The molecule has 2 aliphatic rings. The van der Waals surface area contributed by atoms with E-state index in [-0.39, 0.29) is 24.2 Å². The summed E-state index contributed by atoms with van der Waals surface area (Å²) in [4.78, 5) is 30.2. The smallest absolute Gasteiger partial charge is 0.273 e. The van der Waals surface area contributed by atoms with Crippen LogP contribution in [-0.4, -0.2) is 54.3 Å². The lowest BCUT2D eigenvalue weighted by Gasteiger charge is -2.39. The number of nitrogens with two attached hydrogens (primary N) is 1. The maximum atomic E-state index is 13.4. The summed E-state index contributed by atoms with van der Waals surface area (Å²) in [5.74, 6) is -0.0883. The van der Waals surface area contributed by atoms with Crippen molar-refractivity contribution in [2.45, 2.75) is 51.3 Å². The molecule has 2 aliphatic heterocycles. The molecule has 2 heterocycles. The van der Waals surface area contributed by atoms with Crippen molar-refractivity contribution < 1.29 is 14.3 Å². The molecule has 1 unspecified atom stereocenters. The molecule has 34 heavy (non-hydrogen) atoms. The average Bonchev–Trinajstić information content (AvgIpc) is 2.82. The second kappa shape index (κ2) is 10.3. The van der Waals surface area contributed by atoms with Gasteiger partial charge in [-0.2, -0.15) is 0 Å². The Morgan fingerprint density at radius 1 is 1.15 bits per heavy atom. The molecule has 0 radical (unpaired) electrons. The number of hydrogen-bond donors (Lipinski definition) is 3. The van der Waals surface area contributed by atoms with Gasteiger partial charge >= 0.3 is 0 Å². The van der Waals surface area contributed by atoms with Crippen molar-refractivity contribution in [3.63, 3.8) is 0 Å². The van der Waals surface area contributed by atoms with Gasteiger partial charge in [-0.05, 0) is 44.9 Å². The van der Waals surface area contributed by atoms with E-state index in [0.717, 1.165) is 6.54 Å². The van der Waals surface area contributed by atoms with Crippen LogP contribution < -0.4 is 20.7 Å². The van der Waals surface area contributed by atoms with Gasteiger partial charge in [0.2, 0.25) is 12.0 Å². The molecule has 0 saturated carbocycles. The second-order valence-corrected chi connectivity index (χ2v) is 9.15. The van der Waals surface area contributed by atoms with Gasteiger partial charge in [-0.1, -0.05) is 36.8 Å². The molecule has 1 saturated heterocycles. The fourth-order valence-electron chi connectivity index (χ4n) is 4.90. The van der Waals surface area contributed by atoms with Crippen LogP contribution in [-0.2, 0) is 9.59 Å². The van der Waals surface area contributed by atoms with Gasteiger partial charge in [-0.3, -0.25) is 24.8 Å². The van der Waals surface area contributed by atoms with E-state index in [1.807, 2.05) is 12.1 Å². The number of hydrogen-bond acceptors (Lipinski definition) is 5. The number of likely N-dealkylation sites (tertiary alicyclic amines) is 1. The number of piperidine rings is 1. The summed E-state index contributed by atoms with van der Waals surface area (Å²) in [7, 11) is 0. The number of carbonyl (C=O) groups excluding carboxylic acids is 2. The number of rotatable bonds is 7. The minimum atomic E-state index is -0.919. The van der Waals surface area contributed by atoms with E-state index in [2.05, 4.69) is 24.1 Å². The van der Waals surface area contributed by atoms with E-state index in [9.17, 15) is 9.59 Å². The van der Waals surface area contributed by atoms with Crippen molar-refractivity contribution in [2.24, 2.45) is 5.73 Å². The van der Waals surface area contributed by atoms with E-state index in [1.54, 1.807) is 36.4 Å². The van der Waals surface area contributed by atoms with Gasteiger partial charge in [0.25, 0.3) is 5.91 Å². The first-order valence-electron chi connectivity index (χ1n) is 11.9. The first-order valence-corrected chi connectivity index (χ1v) is 11.9. The number of amidine groups is 1. The van der Waals surface area contributed by atoms with Crippen LogP contribution in [0.2, 0.25) is 0 Å². The molecular formula is C26H33N5O3. The Labute approximate surface area is 200 Å². The number of fused-ring (bicyclic) bond motifs is 1. The molecule has 0 spiro atoms. The molecule has 1 fully saturated rings. The lowest BCUT2D eigenvalue weighted by atomic mass is 9.98. The number of ether oxygens (including phenoxy) is 1. The lowest BCUT2D eigenvalue weighted by Crippen LogP contribution is -2.49. The van der Waals surface area contributed by atoms with Crippen LogP contribution in [0.1, 0.15) is 50.3 Å². The number of carbonyl (C=O) groups is 2. The van der Waals surface area contributed by atoms with Crippen LogP contribution in [0.3, 0.4) is 0 Å². The predicted octanol–water partition coefficient (Wildman–Crippen LogP) is 2.82. The Bertz CT molecular complexity index is 1060. The van der Waals surface area contributed by atoms with Gasteiger partial charge in [0.1, 0.15) is 18.1 Å². The lowest BCUT2D eigenvalue weighted by molar-refractivity contribution is -0.129. The number of benzene rings is 2. The first-order chi connectivity index (χ1) is 16.3. The van der Waals surface area contributed by atoms with Crippen LogP contribution >= 0.6 is 0 Å². The first kappa shape index (κ1) is 23.8. The Kier molecular flexibility index (Phi) is 7.17. The van der Waals surface area contributed by atoms with Crippen LogP contribution in [0.15, 0.2) is 48.5 Å². The van der Waals surface area contributed by atoms with Crippen molar-refractivity contribution in [3.05, 3.63) is 59.7 Å². The van der Waals surface area contributed by atoms with Gasteiger partial charge in [-0.15, -0.1) is 0 Å². The maximum Gasteiger partial charge on any atom is 0.273 e. The zero-order chi connectivity index (χ0) is 24.2. The number of para-hydroxylation sites is 2. The van der Waals surface area contributed by atoms with Crippen molar-refractivity contribution in [2.75, 3.05) is 24.5 Å². The summed E-state index contributed by atoms with van der Waals surface area (Å²) < 4.78 is 6.02.